The first-order valence-electron chi connectivity index (χ1n) is 29.5. The van der Waals surface area contributed by atoms with Crippen LogP contribution in [0.1, 0.15) is 0 Å². The summed E-state index contributed by atoms with van der Waals surface area (Å²) in [6, 6.07) is 113. The van der Waals surface area contributed by atoms with Gasteiger partial charge in [-0.2, -0.15) is 0 Å². The van der Waals surface area contributed by atoms with E-state index in [9.17, 15) is 0 Å². The third-order valence-corrected chi connectivity index (χ3v) is 17.5. The van der Waals surface area contributed by atoms with Gasteiger partial charge in [-0.1, -0.05) is 206 Å². The minimum Gasteiger partial charge on any atom is -0.457 e. The highest BCUT2D eigenvalue weighted by molar-refractivity contribution is 7.02. The molecule has 6 nitrogen and oxygen atoms in total. The number of ether oxygens (including phenoxy) is 2. The van der Waals surface area contributed by atoms with Gasteiger partial charge in [-0.25, -0.2) is 0 Å². The van der Waals surface area contributed by atoms with Crippen molar-refractivity contribution < 1.29 is 9.47 Å². The number of benzene rings is 13. The second-order valence-electron chi connectivity index (χ2n) is 22.3. The Kier molecular flexibility index (Phi) is 11.7. The van der Waals surface area contributed by atoms with Crippen molar-refractivity contribution in [3.05, 3.63) is 315 Å². The highest BCUT2D eigenvalue weighted by Gasteiger charge is 2.49. The molecule has 0 fully saturated rings. The van der Waals surface area contributed by atoms with Crippen LogP contribution in [0.3, 0.4) is 0 Å². The van der Waals surface area contributed by atoms with E-state index in [-0.39, 0.29) is 13.4 Å². The van der Waals surface area contributed by atoms with Gasteiger partial charge >= 0.3 is 0 Å². The molecule has 17 rings (SSSR count). The van der Waals surface area contributed by atoms with Crippen LogP contribution in [-0.2, 0) is 0 Å². The van der Waals surface area contributed by atoms with Gasteiger partial charge < -0.3 is 29.1 Å². The molecule has 13 aromatic rings. The number of para-hydroxylation sites is 8. The largest absolute Gasteiger partial charge is 0.457 e. The van der Waals surface area contributed by atoms with Crippen molar-refractivity contribution in [2.75, 3.05) is 19.6 Å². The summed E-state index contributed by atoms with van der Waals surface area (Å²) in [6.07, 6.45) is 0. The molecule has 0 atom stereocenters. The maximum Gasteiger partial charge on any atom is 0.256 e. The predicted octanol–water partition coefficient (Wildman–Crippen LogP) is 16.8. The van der Waals surface area contributed by atoms with Gasteiger partial charge in [0.25, 0.3) is 13.4 Å². The molecular formula is C78H52B2N4O2. The van der Waals surface area contributed by atoms with Crippen molar-refractivity contribution in [1.29, 1.82) is 0 Å². The van der Waals surface area contributed by atoms with Crippen LogP contribution in [0.4, 0.5) is 68.2 Å². The summed E-state index contributed by atoms with van der Waals surface area (Å²) in [5.74, 6) is 3.10. The molecule has 4 heterocycles. The fraction of sp³-hybridized carbons (Fsp3) is 0. The average molecular weight is 1100 g/mol. The monoisotopic (exact) mass is 1100 g/mol. The molecule has 0 radical (unpaired) electrons. The van der Waals surface area contributed by atoms with Crippen LogP contribution in [-0.4, -0.2) is 13.4 Å². The van der Waals surface area contributed by atoms with Crippen molar-refractivity contribution in [2.24, 2.45) is 0 Å². The van der Waals surface area contributed by atoms with E-state index in [4.69, 9.17) is 9.47 Å². The van der Waals surface area contributed by atoms with Gasteiger partial charge in [-0.05, 0) is 147 Å². The summed E-state index contributed by atoms with van der Waals surface area (Å²) in [5.41, 5.74) is 23.4. The van der Waals surface area contributed by atoms with E-state index >= 15 is 0 Å². The predicted molar refractivity (Wildman–Crippen MR) is 358 cm³/mol. The minimum atomic E-state index is -0.253. The van der Waals surface area contributed by atoms with Gasteiger partial charge in [0.1, 0.15) is 23.0 Å². The van der Waals surface area contributed by atoms with Crippen LogP contribution in [0.25, 0.3) is 22.3 Å². The van der Waals surface area contributed by atoms with Crippen molar-refractivity contribution >= 4 is 114 Å². The summed E-state index contributed by atoms with van der Waals surface area (Å²) >= 11 is 0. The molecule has 0 unspecified atom stereocenters. The van der Waals surface area contributed by atoms with Crippen LogP contribution in [0.15, 0.2) is 315 Å². The third-order valence-electron chi connectivity index (χ3n) is 17.5. The van der Waals surface area contributed by atoms with Gasteiger partial charge in [-0.3, -0.25) is 0 Å². The van der Waals surface area contributed by atoms with Gasteiger partial charge in [0.2, 0.25) is 0 Å². The second-order valence-corrected chi connectivity index (χ2v) is 22.3. The topological polar surface area (TPSA) is 31.4 Å². The first-order chi connectivity index (χ1) is 42.7. The zero-order chi connectivity index (χ0) is 56.7. The quantitative estimate of drug-likeness (QED) is 0.127. The number of anilines is 12. The number of nitrogens with zero attached hydrogens (tertiary/aromatic N) is 4. The van der Waals surface area contributed by atoms with E-state index in [2.05, 4.69) is 335 Å². The molecule has 0 saturated carbocycles. The van der Waals surface area contributed by atoms with Gasteiger partial charge in [0.05, 0.1) is 16.9 Å². The van der Waals surface area contributed by atoms with E-state index in [1.54, 1.807) is 0 Å². The summed E-state index contributed by atoms with van der Waals surface area (Å²) in [4.78, 5) is 9.56. The number of fused-ring (bicyclic) bond motifs is 8. The maximum absolute atomic E-state index is 8.00. The Morgan fingerprint density at radius 3 is 1.01 bits per heavy atom. The van der Waals surface area contributed by atoms with Gasteiger partial charge in [0, 0.05) is 69.0 Å². The smallest absolute Gasteiger partial charge is 0.256 e. The molecule has 8 heteroatoms. The van der Waals surface area contributed by atoms with Crippen LogP contribution in [0.5, 0.6) is 23.0 Å². The molecule has 86 heavy (non-hydrogen) atoms. The molecule has 4 aliphatic heterocycles. The molecule has 4 aliphatic rings. The highest BCUT2D eigenvalue weighted by atomic mass is 16.5. The van der Waals surface area contributed by atoms with E-state index in [1.165, 1.54) is 10.9 Å². The Labute approximate surface area is 501 Å². The maximum atomic E-state index is 8.00. The summed E-state index contributed by atoms with van der Waals surface area (Å²) in [5, 5.41) is 0. The number of rotatable bonds is 10. The molecule has 0 N–H and O–H groups in total. The van der Waals surface area contributed by atoms with Crippen LogP contribution in [0.2, 0.25) is 0 Å². The molecule has 402 valence electrons. The Bertz CT molecular complexity index is 4390. The van der Waals surface area contributed by atoms with Crippen LogP contribution < -0.4 is 61.9 Å². The lowest BCUT2D eigenvalue weighted by atomic mass is 9.30. The highest BCUT2D eigenvalue weighted by Crippen LogP contribution is 2.53. The molecule has 0 bridgehead atoms. The molecule has 13 aromatic carbocycles. The SMILES string of the molecule is c1ccc(-c2ccccc2-c2c3c(cc4c2Oc2cc(N(c5ccccc5)c5ccccc5)cc5c2B4c2ccccc2N5c2ccccc2)B2c4ccccc4N(c4ccccc4)c4cc(N(c5ccccc5)c5ccccc5)cc(c42)O3)cc1. The fourth-order valence-electron chi connectivity index (χ4n) is 13.9. The zero-order valence-corrected chi connectivity index (χ0v) is 46.8. The lowest BCUT2D eigenvalue weighted by molar-refractivity contribution is 0.469. The van der Waals surface area contributed by atoms with E-state index in [0.29, 0.717) is 0 Å². The zero-order valence-electron chi connectivity index (χ0n) is 46.8. The number of hydrogen-bond donors (Lipinski definition) is 0. The molecule has 0 amide bonds. The molecule has 0 saturated heterocycles. The summed E-state index contributed by atoms with van der Waals surface area (Å²) < 4.78 is 16.0. The summed E-state index contributed by atoms with van der Waals surface area (Å²) in [6.45, 7) is -0.506. The van der Waals surface area contributed by atoms with E-state index < -0.39 is 0 Å². The second kappa shape index (κ2) is 20.3. The van der Waals surface area contributed by atoms with Crippen molar-refractivity contribution in [1.82, 2.24) is 0 Å². The molecular weight excluding hydrogens is 1050 g/mol. The summed E-state index contributed by atoms with van der Waals surface area (Å²) in [7, 11) is 0. The molecule has 0 aromatic heterocycles. The standard InChI is InChI=1S/C78H52B2N4O2/c1-8-28-53(29-9-1)62-42-22-23-43-63(62)74-77-66(79-64-44-24-26-46-68(64)83(58-38-18-6-19-39-58)70-48-60(50-72(85-77)75(70)79)81(54-30-10-2-11-31-54)55-32-12-3-13-33-55)52-67-78(74)86-73-51-61(82(56-34-14-4-15-35-56)57-36-16-5-17-37-57)49-71-76(73)80(67)65-45-25-27-47-69(65)84(71)59-40-20-7-21-41-59/h1-52H. The Morgan fingerprint density at radius 2 is 0.605 bits per heavy atom. The van der Waals surface area contributed by atoms with Crippen molar-refractivity contribution in [2.45, 2.75) is 0 Å². The Hall–Kier alpha value is -11.2. The van der Waals surface area contributed by atoms with Gasteiger partial charge in [0.15, 0.2) is 0 Å². The first-order valence-corrected chi connectivity index (χ1v) is 29.5. The normalized spacial score (nSPS) is 12.7. The van der Waals surface area contributed by atoms with E-state index in [0.717, 1.165) is 135 Å². The number of hydrogen-bond acceptors (Lipinski definition) is 6. The molecule has 0 aliphatic carbocycles. The van der Waals surface area contributed by atoms with Crippen molar-refractivity contribution in [3.8, 4) is 45.3 Å². The van der Waals surface area contributed by atoms with Crippen LogP contribution >= 0.6 is 0 Å². The molecule has 0 spiro atoms. The van der Waals surface area contributed by atoms with Crippen molar-refractivity contribution in [3.63, 3.8) is 0 Å². The third kappa shape index (κ3) is 7.91. The lowest BCUT2D eigenvalue weighted by Crippen LogP contribution is -2.63. The first kappa shape index (κ1) is 49.4. The fourth-order valence-corrected chi connectivity index (χ4v) is 13.9. The minimum absolute atomic E-state index is 0.253. The van der Waals surface area contributed by atoms with Gasteiger partial charge in [-0.15, -0.1) is 0 Å². The lowest BCUT2D eigenvalue weighted by Gasteiger charge is -2.43. The average Bonchev–Trinajstić information content (AvgIpc) is 0.719. The Balaban J connectivity index is 0.984. The van der Waals surface area contributed by atoms with E-state index in [1.807, 2.05) is 0 Å². The Morgan fingerprint density at radius 1 is 0.267 bits per heavy atom. The van der Waals surface area contributed by atoms with Crippen LogP contribution in [0, 0.1) is 0 Å².